The molecule has 0 bridgehead atoms. The summed E-state index contributed by atoms with van der Waals surface area (Å²) in [6.07, 6.45) is 1.45. The number of nitrogens with zero attached hydrogens (tertiary/aromatic N) is 3. The number of benzene rings is 2. The Balaban J connectivity index is 1.21. The summed E-state index contributed by atoms with van der Waals surface area (Å²) in [5.74, 6) is -0.586. The number of urea groups is 1. The second-order valence-electron chi connectivity index (χ2n) is 9.15. The van der Waals surface area contributed by atoms with Gasteiger partial charge in [-0.1, -0.05) is 29.8 Å². The van der Waals surface area contributed by atoms with Gasteiger partial charge in [-0.25, -0.2) is 4.79 Å². The molecule has 2 saturated heterocycles. The van der Waals surface area contributed by atoms with Crippen LogP contribution in [0.4, 0.5) is 16.2 Å². The highest BCUT2D eigenvalue weighted by Crippen LogP contribution is 2.21. The van der Waals surface area contributed by atoms with Crippen LogP contribution in [0.5, 0.6) is 0 Å². The molecule has 0 radical (unpaired) electrons. The van der Waals surface area contributed by atoms with Gasteiger partial charge in [-0.05, 0) is 55.7 Å². The topological polar surface area (TPSA) is 85.0 Å². The largest absolute Gasteiger partial charge is 0.368 e. The molecular weight excluding hydrogens is 466 g/mol. The van der Waals surface area contributed by atoms with Crippen LogP contribution in [0.1, 0.15) is 18.4 Å². The lowest BCUT2D eigenvalue weighted by molar-refractivity contribution is -0.134. The molecular formula is C26H32ClN5O3. The van der Waals surface area contributed by atoms with E-state index in [0.29, 0.717) is 50.7 Å². The molecule has 2 fully saturated rings. The van der Waals surface area contributed by atoms with Crippen molar-refractivity contribution in [2.45, 2.75) is 19.8 Å². The first-order valence-corrected chi connectivity index (χ1v) is 12.5. The lowest BCUT2D eigenvalue weighted by Crippen LogP contribution is -2.52. The molecule has 0 saturated carbocycles. The van der Waals surface area contributed by atoms with Gasteiger partial charge >= 0.3 is 6.03 Å². The Labute approximate surface area is 211 Å². The molecule has 4 rings (SSSR count). The van der Waals surface area contributed by atoms with Crippen LogP contribution in [0.15, 0.2) is 48.5 Å². The van der Waals surface area contributed by atoms with E-state index in [1.165, 1.54) is 0 Å². The quantitative estimate of drug-likeness (QED) is 0.663. The van der Waals surface area contributed by atoms with Gasteiger partial charge in [-0.15, -0.1) is 0 Å². The number of amides is 4. The zero-order chi connectivity index (χ0) is 24.8. The van der Waals surface area contributed by atoms with Crippen LogP contribution in [0.3, 0.4) is 0 Å². The van der Waals surface area contributed by atoms with Crippen LogP contribution in [0.25, 0.3) is 0 Å². The maximum absolute atomic E-state index is 12.8. The number of aryl methyl sites for hydroxylation is 1. The standard InChI is InChI=1S/C26H32ClN5O3/c1-19-5-2-8-22(15-19)29-26(35)32-10-4-6-20(18-32)25(34)28-17-24(33)31-13-11-30(12-14-31)23-9-3-7-21(27)16-23/h2-3,5,7-9,15-16,20H,4,6,10-14,17-18H2,1H3,(H,28,34)(H,29,35). The lowest BCUT2D eigenvalue weighted by Gasteiger charge is -2.36. The van der Waals surface area contributed by atoms with Gasteiger partial charge in [0.1, 0.15) is 0 Å². The maximum Gasteiger partial charge on any atom is 0.321 e. The number of carbonyl (C=O) groups is 3. The SMILES string of the molecule is Cc1cccc(NC(=O)N2CCCC(C(=O)NCC(=O)N3CCN(c4cccc(Cl)c4)CC3)C2)c1. The molecule has 35 heavy (non-hydrogen) atoms. The minimum Gasteiger partial charge on any atom is -0.368 e. The van der Waals surface area contributed by atoms with E-state index in [9.17, 15) is 14.4 Å². The molecule has 2 aromatic carbocycles. The van der Waals surface area contributed by atoms with Gasteiger partial charge in [-0.2, -0.15) is 0 Å². The summed E-state index contributed by atoms with van der Waals surface area (Å²) in [6, 6.07) is 15.1. The molecule has 2 aliphatic heterocycles. The molecule has 2 heterocycles. The fourth-order valence-corrected chi connectivity index (χ4v) is 4.79. The van der Waals surface area contributed by atoms with Gasteiger partial charge in [0.25, 0.3) is 0 Å². The molecule has 2 N–H and O–H groups in total. The van der Waals surface area contributed by atoms with Crippen molar-refractivity contribution in [3.8, 4) is 0 Å². The number of anilines is 2. The smallest absolute Gasteiger partial charge is 0.321 e. The summed E-state index contributed by atoms with van der Waals surface area (Å²) in [5, 5.41) is 6.40. The molecule has 1 atom stereocenters. The van der Waals surface area contributed by atoms with Crippen molar-refractivity contribution in [3.63, 3.8) is 0 Å². The molecule has 9 heteroatoms. The van der Waals surface area contributed by atoms with E-state index in [1.807, 2.05) is 55.5 Å². The Morgan fingerprint density at radius 2 is 1.74 bits per heavy atom. The number of piperazine rings is 1. The molecule has 186 valence electrons. The van der Waals surface area contributed by atoms with E-state index >= 15 is 0 Å². The Kier molecular flexibility index (Phi) is 8.13. The second kappa shape index (κ2) is 11.4. The minimum absolute atomic E-state index is 0.0258. The average molecular weight is 498 g/mol. The van der Waals surface area contributed by atoms with Crippen molar-refractivity contribution in [2.75, 3.05) is 56.0 Å². The number of rotatable bonds is 5. The zero-order valence-corrected chi connectivity index (χ0v) is 20.8. The molecule has 0 aliphatic carbocycles. The Hall–Kier alpha value is -3.26. The first-order valence-electron chi connectivity index (χ1n) is 12.1. The van der Waals surface area contributed by atoms with E-state index in [2.05, 4.69) is 15.5 Å². The number of hydrogen-bond acceptors (Lipinski definition) is 4. The molecule has 4 amide bonds. The summed E-state index contributed by atoms with van der Waals surface area (Å²) >= 11 is 6.09. The van der Waals surface area contributed by atoms with E-state index in [-0.39, 0.29) is 30.3 Å². The third-order valence-electron chi connectivity index (χ3n) is 6.57. The fraction of sp³-hybridized carbons (Fsp3) is 0.423. The second-order valence-corrected chi connectivity index (χ2v) is 9.59. The van der Waals surface area contributed by atoms with E-state index < -0.39 is 0 Å². The van der Waals surface area contributed by atoms with Crippen LogP contribution in [-0.2, 0) is 9.59 Å². The normalized spacial score (nSPS) is 18.2. The number of likely N-dealkylation sites (tertiary alicyclic amines) is 1. The van der Waals surface area contributed by atoms with Crippen molar-refractivity contribution in [2.24, 2.45) is 5.92 Å². The zero-order valence-electron chi connectivity index (χ0n) is 20.0. The molecule has 2 aliphatic rings. The van der Waals surface area contributed by atoms with Gasteiger partial charge in [0.2, 0.25) is 11.8 Å². The first-order chi connectivity index (χ1) is 16.9. The van der Waals surface area contributed by atoms with Crippen LogP contribution >= 0.6 is 11.6 Å². The summed E-state index contributed by atoms with van der Waals surface area (Å²) in [4.78, 5) is 43.8. The molecule has 0 spiro atoms. The number of piperidine rings is 1. The van der Waals surface area contributed by atoms with Crippen molar-refractivity contribution >= 4 is 40.8 Å². The van der Waals surface area contributed by atoms with E-state index in [0.717, 1.165) is 23.4 Å². The lowest BCUT2D eigenvalue weighted by atomic mass is 9.97. The predicted molar refractivity (Wildman–Crippen MR) is 138 cm³/mol. The van der Waals surface area contributed by atoms with Crippen LogP contribution in [0.2, 0.25) is 5.02 Å². The van der Waals surface area contributed by atoms with Crippen LogP contribution in [0, 0.1) is 12.8 Å². The van der Waals surface area contributed by atoms with Crippen LogP contribution < -0.4 is 15.5 Å². The van der Waals surface area contributed by atoms with Gasteiger partial charge in [0, 0.05) is 55.7 Å². The third-order valence-corrected chi connectivity index (χ3v) is 6.80. The molecule has 2 aromatic rings. The van der Waals surface area contributed by atoms with E-state index in [4.69, 9.17) is 11.6 Å². The first kappa shape index (κ1) is 24.9. The molecule has 1 unspecified atom stereocenters. The van der Waals surface area contributed by atoms with Crippen molar-refractivity contribution in [1.82, 2.24) is 15.1 Å². The highest BCUT2D eigenvalue weighted by atomic mass is 35.5. The molecule has 8 nitrogen and oxygen atoms in total. The summed E-state index contributed by atoms with van der Waals surface area (Å²) in [5.41, 5.74) is 2.85. The maximum atomic E-state index is 12.8. The number of hydrogen-bond donors (Lipinski definition) is 2. The predicted octanol–water partition coefficient (Wildman–Crippen LogP) is 3.36. The van der Waals surface area contributed by atoms with E-state index in [1.54, 1.807) is 9.80 Å². The average Bonchev–Trinajstić information content (AvgIpc) is 2.87. The van der Waals surface area contributed by atoms with Crippen molar-refractivity contribution in [1.29, 1.82) is 0 Å². The number of halogens is 1. The van der Waals surface area contributed by atoms with Crippen molar-refractivity contribution in [3.05, 3.63) is 59.1 Å². The van der Waals surface area contributed by atoms with Gasteiger partial charge < -0.3 is 25.3 Å². The summed E-state index contributed by atoms with van der Waals surface area (Å²) in [6.45, 7) is 5.52. The number of nitrogens with one attached hydrogen (secondary N) is 2. The Morgan fingerprint density at radius 3 is 2.49 bits per heavy atom. The summed E-state index contributed by atoms with van der Waals surface area (Å²) < 4.78 is 0. The van der Waals surface area contributed by atoms with Crippen LogP contribution in [-0.4, -0.2) is 73.5 Å². The Bertz CT molecular complexity index is 1070. The van der Waals surface area contributed by atoms with Gasteiger partial charge in [-0.3, -0.25) is 9.59 Å². The fourth-order valence-electron chi connectivity index (χ4n) is 4.61. The van der Waals surface area contributed by atoms with Gasteiger partial charge in [0.05, 0.1) is 12.5 Å². The monoisotopic (exact) mass is 497 g/mol. The van der Waals surface area contributed by atoms with Gasteiger partial charge in [0.15, 0.2) is 0 Å². The third kappa shape index (κ3) is 6.66. The highest BCUT2D eigenvalue weighted by Gasteiger charge is 2.29. The Morgan fingerprint density at radius 1 is 0.971 bits per heavy atom. The van der Waals surface area contributed by atoms with Crippen molar-refractivity contribution < 1.29 is 14.4 Å². The summed E-state index contributed by atoms with van der Waals surface area (Å²) in [7, 11) is 0. The number of carbonyl (C=O) groups excluding carboxylic acids is 3. The minimum atomic E-state index is -0.320. The highest BCUT2D eigenvalue weighted by molar-refractivity contribution is 6.30. The molecule has 0 aromatic heterocycles.